The van der Waals surface area contributed by atoms with Gasteiger partial charge in [0.25, 0.3) is 0 Å². The van der Waals surface area contributed by atoms with Gasteiger partial charge in [0.05, 0.1) is 18.6 Å². The van der Waals surface area contributed by atoms with Crippen molar-refractivity contribution in [2.45, 2.75) is 19.1 Å². The Morgan fingerprint density at radius 1 is 1.17 bits per heavy atom. The number of benzene rings is 2. The van der Waals surface area contributed by atoms with Crippen molar-refractivity contribution in [2.24, 2.45) is 0 Å². The molecule has 3 rings (SSSR count). The fourth-order valence-corrected chi connectivity index (χ4v) is 4.01. The maximum absolute atomic E-state index is 12.4. The Morgan fingerprint density at radius 2 is 1.87 bits per heavy atom. The number of nitrogens with one attached hydrogen (secondary N) is 1. The van der Waals surface area contributed by atoms with E-state index in [-0.39, 0.29) is 17.4 Å². The molecule has 158 valence electrons. The van der Waals surface area contributed by atoms with Crippen LogP contribution in [0.2, 0.25) is 5.02 Å². The third-order valence-electron chi connectivity index (χ3n) is 4.47. The van der Waals surface area contributed by atoms with E-state index in [9.17, 15) is 9.00 Å². The lowest BCUT2D eigenvalue weighted by Gasteiger charge is -2.05. The zero-order valence-electron chi connectivity index (χ0n) is 16.8. The van der Waals surface area contributed by atoms with Crippen LogP contribution in [0.1, 0.15) is 17.0 Å². The molecule has 0 aliphatic rings. The average molecular weight is 447 g/mol. The lowest BCUT2D eigenvalue weighted by molar-refractivity contribution is -0.118. The van der Waals surface area contributed by atoms with E-state index in [1.807, 2.05) is 48.5 Å². The van der Waals surface area contributed by atoms with E-state index < -0.39 is 10.8 Å². The van der Waals surface area contributed by atoms with Crippen LogP contribution in [0, 0.1) is 6.92 Å². The molecule has 2 aromatic carbocycles. The molecule has 0 saturated carbocycles. The van der Waals surface area contributed by atoms with Gasteiger partial charge in [0.2, 0.25) is 11.8 Å². The fraction of sp³-hybridized carbons (Fsp3) is 0.273. The van der Waals surface area contributed by atoms with Crippen molar-refractivity contribution in [3.8, 4) is 17.2 Å². The Kier molecular flexibility index (Phi) is 7.65. The number of aromatic nitrogens is 1. The number of aryl methyl sites for hydroxylation is 1. The van der Waals surface area contributed by atoms with E-state index >= 15 is 0 Å². The van der Waals surface area contributed by atoms with Crippen LogP contribution in [0.3, 0.4) is 0 Å². The van der Waals surface area contributed by atoms with E-state index in [0.29, 0.717) is 35.3 Å². The molecular weight excluding hydrogens is 424 g/mol. The van der Waals surface area contributed by atoms with Crippen molar-refractivity contribution in [3.63, 3.8) is 0 Å². The molecule has 6 nitrogen and oxygen atoms in total. The summed E-state index contributed by atoms with van der Waals surface area (Å²) in [6.45, 7) is 2.25. The predicted octanol–water partition coefficient (Wildman–Crippen LogP) is 3.92. The maximum atomic E-state index is 12.4. The zero-order chi connectivity index (χ0) is 21.5. The van der Waals surface area contributed by atoms with Gasteiger partial charge in [0, 0.05) is 27.9 Å². The number of methoxy groups -OCH3 is 1. The van der Waals surface area contributed by atoms with Gasteiger partial charge in [-0.3, -0.25) is 9.00 Å². The number of carbonyl (C=O) groups is 1. The second-order valence-electron chi connectivity index (χ2n) is 6.71. The molecule has 1 N–H and O–H groups in total. The van der Waals surface area contributed by atoms with Crippen LogP contribution in [0.5, 0.6) is 5.75 Å². The monoisotopic (exact) mass is 446 g/mol. The molecule has 30 heavy (non-hydrogen) atoms. The summed E-state index contributed by atoms with van der Waals surface area (Å²) in [6, 6.07) is 14.8. The number of amides is 1. The lowest BCUT2D eigenvalue weighted by atomic mass is 10.1. The molecule has 8 heteroatoms. The minimum absolute atomic E-state index is 0.0786. The normalized spacial score (nSPS) is 11.8. The molecule has 1 atom stereocenters. The molecule has 0 fully saturated rings. The molecule has 0 aliphatic heterocycles. The Bertz CT molecular complexity index is 1020. The van der Waals surface area contributed by atoms with Crippen LogP contribution in [0.15, 0.2) is 52.9 Å². The first kappa shape index (κ1) is 22.1. The second-order valence-corrected chi connectivity index (χ2v) is 8.60. The molecule has 1 aromatic heterocycles. The van der Waals surface area contributed by atoms with Crippen LogP contribution in [0.4, 0.5) is 0 Å². The highest BCUT2D eigenvalue weighted by Crippen LogP contribution is 2.24. The Morgan fingerprint density at radius 3 is 2.53 bits per heavy atom. The van der Waals surface area contributed by atoms with Gasteiger partial charge in [-0.25, -0.2) is 4.98 Å². The lowest BCUT2D eigenvalue weighted by Crippen LogP contribution is -2.30. The first-order valence-corrected chi connectivity index (χ1v) is 11.3. The van der Waals surface area contributed by atoms with Gasteiger partial charge in [-0.2, -0.15) is 0 Å². The van der Waals surface area contributed by atoms with E-state index in [0.717, 1.165) is 16.9 Å². The van der Waals surface area contributed by atoms with Gasteiger partial charge in [-0.1, -0.05) is 23.7 Å². The second kappa shape index (κ2) is 10.4. The summed E-state index contributed by atoms with van der Waals surface area (Å²) in [5.74, 6) is 1.62. The molecular formula is C22H23ClN2O4S. The number of halogens is 1. The van der Waals surface area contributed by atoms with Gasteiger partial charge in [0.15, 0.2) is 0 Å². The van der Waals surface area contributed by atoms with E-state index in [1.165, 1.54) is 0 Å². The Hall–Kier alpha value is -2.64. The predicted molar refractivity (Wildman–Crippen MR) is 118 cm³/mol. The highest BCUT2D eigenvalue weighted by Gasteiger charge is 2.16. The molecule has 0 radical (unpaired) electrons. The standard InChI is InChI=1S/C22H23ClN2O4S/c1-15-20(25-22(29-15)17-5-9-19(28-2)10-6-17)13-30(27)14-21(26)24-12-11-16-3-7-18(23)8-4-16/h3-10H,11-14H2,1-2H3,(H,24,26). The molecule has 1 amide bonds. The smallest absolute Gasteiger partial charge is 0.232 e. The third-order valence-corrected chi connectivity index (χ3v) is 5.90. The number of ether oxygens (including phenoxy) is 1. The number of rotatable bonds is 9. The first-order valence-electron chi connectivity index (χ1n) is 9.41. The van der Waals surface area contributed by atoms with E-state index in [4.69, 9.17) is 20.8 Å². The van der Waals surface area contributed by atoms with Crippen molar-refractivity contribution in [1.29, 1.82) is 0 Å². The molecule has 1 unspecified atom stereocenters. The van der Waals surface area contributed by atoms with Crippen LogP contribution < -0.4 is 10.1 Å². The number of oxazole rings is 1. The zero-order valence-corrected chi connectivity index (χ0v) is 18.4. The van der Waals surface area contributed by atoms with Gasteiger partial charge in [0.1, 0.15) is 17.3 Å². The van der Waals surface area contributed by atoms with Crippen molar-refractivity contribution in [1.82, 2.24) is 10.3 Å². The summed E-state index contributed by atoms with van der Waals surface area (Å²) < 4.78 is 23.3. The van der Waals surface area contributed by atoms with Crippen molar-refractivity contribution < 1.29 is 18.2 Å². The molecule has 0 aliphatic carbocycles. The van der Waals surface area contributed by atoms with Crippen molar-refractivity contribution >= 4 is 28.3 Å². The van der Waals surface area contributed by atoms with Crippen LogP contribution in [-0.4, -0.2) is 34.5 Å². The summed E-state index contributed by atoms with van der Waals surface area (Å²) >= 11 is 5.86. The number of hydrogen-bond acceptors (Lipinski definition) is 5. The van der Waals surface area contributed by atoms with Crippen LogP contribution in [-0.2, 0) is 27.8 Å². The summed E-state index contributed by atoms with van der Waals surface area (Å²) in [4.78, 5) is 16.5. The Labute approximate surface area is 183 Å². The van der Waals surface area contributed by atoms with Gasteiger partial charge in [-0.05, 0) is 55.3 Å². The van der Waals surface area contributed by atoms with Gasteiger partial charge >= 0.3 is 0 Å². The minimum atomic E-state index is -1.38. The van der Waals surface area contributed by atoms with Gasteiger partial charge < -0.3 is 14.5 Å². The van der Waals surface area contributed by atoms with E-state index in [2.05, 4.69) is 10.3 Å². The summed E-state index contributed by atoms with van der Waals surface area (Å²) in [6.07, 6.45) is 0.684. The molecule has 1 heterocycles. The third kappa shape index (κ3) is 6.18. The average Bonchev–Trinajstić information content (AvgIpc) is 3.09. The maximum Gasteiger partial charge on any atom is 0.232 e. The topological polar surface area (TPSA) is 81.4 Å². The number of nitrogens with zero attached hydrogens (tertiary/aromatic N) is 1. The largest absolute Gasteiger partial charge is 0.497 e. The summed E-state index contributed by atoms with van der Waals surface area (Å²) in [5.41, 5.74) is 2.47. The quantitative estimate of drug-likeness (QED) is 0.538. The van der Waals surface area contributed by atoms with Crippen molar-refractivity contribution in [3.05, 3.63) is 70.6 Å². The molecule has 0 saturated heterocycles. The SMILES string of the molecule is COc1ccc(-c2nc(CS(=O)CC(=O)NCCc3ccc(Cl)cc3)c(C)o2)cc1. The van der Waals surface area contributed by atoms with Crippen LogP contribution >= 0.6 is 11.6 Å². The van der Waals surface area contributed by atoms with Crippen molar-refractivity contribution in [2.75, 3.05) is 19.4 Å². The minimum Gasteiger partial charge on any atom is -0.497 e. The number of carbonyl (C=O) groups excluding carboxylic acids is 1. The van der Waals surface area contributed by atoms with Crippen LogP contribution in [0.25, 0.3) is 11.5 Å². The highest BCUT2D eigenvalue weighted by atomic mass is 35.5. The number of hydrogen-bond donors (Lipinski definition) is 1. The summed E-state index contributed by atoms with van der Waals surface area (Å²) in [7, 11) is 0.220. The Balaban J connectivity index is 1.49. The van der Waals surface area contributed by atoms with Gasteiger partial charge in [-0.15, -0.1) is 0 Å². The molecule has 3 aromatic rings. The molecule has 0 bridgehead atoms. The van der Waals surface area contributed by atoms with E-state index in [1.54, 1.807) is 14.0 Å². The fourth-order valence-electron chi connectivity index (χ4n) is 2.82. The summed E-state index contributed by atoms with van der Waals surface area (Å²) in [5, 5.41) is 3.48. The molecule has 0 spiro atoms. The highest BCUT2D eigenvalue weighted by molar-refractivity contribution is 7.84. The first-order chi connectivity index (χ1) is 14.4.